The Kier molecular flexibility index (Phi) is 5.54. The Balaban J connectivity index is 2.20. The van der Waals surface area contributed by atoms with Crippen LogP contribution in [0.5, 0.6) is 0 Å². The van der Waals surface area contributed by atoms with Crippen LogP contribution in [0.1, 0.15) is 30.0 Å². The molecule has 1 aromatic rings. The van der Waals surface area contributed by atoms with Crippen LogP contribution < -0.4 is 0 Å². The van der Waals surface area contributed by atoms with Gasteiger partial charge in [-0.25, -0.2) is 9.18 Å². The van der Waals surface area contributed by atoms with E-state index in [2.05, 4.69) is 0 Å². The number of carboxylic acid groups (broad SMARTS) is 1. The number of likely N-dealkylation sites (N-methyl/N-ethyl adjacent to an activating group) is 1. The van der Waals surface area contributed by atoms with Crippen LogP contribution in [0, 0.1) is 0 Å². The molecule has 0 saturated carbocycles. The third kappa shape index (κ3) is 3.79. The molecule has 1 fully saturated rings. The SMILES string of the molecule is CN(CC(=O)N1C(CO)CCC1c1ccc(CF)cc1)C(=O)O. The van der Waals surface area contributed by atoms with Gasteiger partial charge in [-0.3, -0.25) is 4.79 Å². The minimum atomic E-state index is -1.18. The number of hydrogen-bond donors (Lipinski definition) is 2. The Morgan fingerprint density at radius 2 is 1.96 bits per heavy atom. The first-order valence-electron chi connectivity index (χ1n) is 7.48. The van der Waals surface area contributed by atoms with Crippen LogP contribution >= 0.6 is 0 Å². The lowest BCUT2D eigenvalue weighted by molar-refractivity contribution is -0.135. The summed E-state index contributed by atoms with van der Waals surface area (Å²) in [6, 6.07) is 6.36. The molecule has 23 heavy (non-hydrogen) atoms. The Labute approximate surface area is 134 Å². The first kappa shape index (κ1) is 17.2. The minimum Gasteiger partial charge on any atom is -0.465 e. The van der Waals surface area contributed by atoms with Crippen molar-refractivity contribution in [3.05, 3.63) is 35.4 Å². The number of carbonyl (C=O) groups is 2. The molecule has 126 valence electrons. The summed E-state index contributed by atoms with van der Waals surface area (Å²) in [7, 11) is 1.33. The fraction of sp³-hybridized carbons (Fsp3) is 0.500. The van der Waals surface area contributed by atoms with Crippen molar-refractivity contribution >= 4 is 12.0 Å². The van der Waals surface area contributed by atoms with Gasteiger partial charge in [-0.1, -0.05) is 24.3 Å². The van der Waals surface area contributed by atoms with Crippen LogP contribution in [0.4, 0.5) is 9.18 Å². The summed E-state index contributed by atoms with van der Waals surface area (Å²) >= 11 is 0. The Morgan fingerprint density at radius 1 is 1.30 bits per heavy atom. The summed E-state index contributed by atoms with van der Waals surface area (Å²) in [5.41, 5.74) is 1.43. The lowest BCUT2D eigenvalue weighted by Crippen LogP contribution is -2.45. The number of aliphatic hydroxyl groups excluding tert-OH is 1. The van der Waals surface area contributed by atoms with Gasteiger partial charge in [-0.15, -0.1) is 0 Å². The molecule has 0 radical (unpaired) electrons. The first-order valence-corrected chi connectivity index (χ1v) is 7.48. The monoisotopic (exact) mass is 324 g/mol. The van der Waals surface area contributed by atoms with E-state index < -0.39 is 12.8 Å². The van der Waals surface area contributed by atoms with Gasteiger partial charge < -0.3 is 20.0 Å². The third-order valence-electron chi connectivity index (χ3n) is 4.22. The number of carbonyl (C=O) groups excluding carboxylic acids is 1. The molecule has 1 heterocycles. The second kappa shape index (κ2) is 7.41. The Morgan fingerprint density at radius 3 is 2.48 bits per heavy atom. The van der Waals surface area contributed by atoms with Gasteiger partial charge in [0.05, 0.1) is 18.7 Å². The van der Waals surface area contributed by atoms with Crippen LogP contribution in [-0.4, -0.2) is 58.3 Å². The van der Waals surface area contributed by atoms with E-state index in [1.54, 1.807) is 29.2 Å². The molecule has 1 aromatic carbocycles. The van der Waals surface area contributed by atoms with E-state index >= 15 is 0 Å². The van der Waals surface area contributed by atoms with Crippen molar-refractivity contribution in [2.75, 3.05) is 20.2 Å². The summed E-state index contributed by atoms with van der Waals surface area (Å²) in [5.74, 6) is -0.342. The lowest BCUT2D eigenvalue weighted by atomic mass is 10.0. The van der Waals surface area contributed by atoms with E-state index in [0.717, 1.165) is 10.5 Å². The second-order valence-electron chi connectivity index (χ2n) is 5.74. The number of rotatable bonds is 5. The smallest absolute Gasteiger partial charge is 0.407 e. The van der Waals surface area contributed by atoms with Crippen molar-refractivity contribution in [2.24, 2.45) is 0 Å². The van der Waals surface area contributed by atoms with Gasteiger partial charge in [0.1, 0.15) is 13.2 Å². The molecule has 0 aliphatic carbocycles. The first-order chi connectivity index (χ1) is 11.0. The molecule has 2 unspecified atom stereocenters. The quantitative estimate of drug-likeness (QED) is 0.865. The minimum absolute atomic E-state index is 0.165. The van der Waals surface area contributed by atoms with Gasteiger partial charge in [0.2, 0.25) is 5.91 Å². The molecule has 6 nitrogen and oxygen atoms in total. The molecular formula is C16H21FN2O4. The third-order valence-corrected chi connectivity index (χ3v) is 4.22. The molecule has 2 atom stereocenters. The molecule has 0 spiro atoms. The predicted molar refractivity (Wildman–Crippen MR) is 81.6 cm³/mol. The van der Waals surface area contributed by atoms with Gasteiger partial charge in [-0.2, -0.15) is 0 Å². The van der Waals surface area contributed by atoms with Crippen molar-refractivity contribution in [1.29, 1.82) is 0 Å². The average Bonchev–Trinajstić information content (AvgIpc) is 2.98. The van der Waals surface area contributed by atoms with Crippen molar-refractivity contribution in [3.63, 3.8) is 0 Å². The highest BCUT2D eigenvalue weighted by molar-refractivity contribution is 5.82. The summed E-state index contributed by atoms with van der Waals surface area (Å²) in [6.45, 7) is -0.969. The molecule has 1 saturated heterocycles. The van der Waals surface area contributed by atoms with Gasteiger partial charge in [0.25, 0.3) is 0 Å². The highest BCUT2D eigenvalue weighted by Gasteiger charge is 2.37. The van der Waals surface area contributed by atoms with Crippen LogP contribution in [0.3, 0.4) is 0 Å². The largest absolute Gasteiger partial charge is 0.465 e. The average molecular weight is 324 g/mol. The van der Waals surface area contributed by atoms with E-state index in [1.807, 2.05) is 0 Å². The standard InChI is InChI=1S/C16H21FN2O4/c1-18(16(22)23)9-15(21)19-13(10-20)6-7-14(19)12-4-2-11(8-17)3-5-12/h2-5,13-14,20H,6-10H2,1H3,(H,22,23). The number of halogens is 1. The molecule has 2 rings (SSSR count). The topological polar surface area (TPSA) is 81.1 Å². The zero-order valence-corrected chi connectivity index (χ0v) is 13.0. The zero-order valence-electron chi connectivity index (χ0n) is 13.0. The van der Waals surface area contributed by atoms with Gasteiger partial charge in [-0.05, 0) is 24.0 Å². The zero-order chi connectivity index (χ0) is 17.0. The summed E-state index contributed by atoms with van der Waals surface area (Å²) in [5, 5.41) is 18.4. The van der Waals surface area contributed by atoms with E-state index in [0.29, 0.717) is 18.4 Å². The van der Waals surface area contributed by atoms with Crippen molar-refractivity contribution < 1.29 is 24.2 Å². The maximum absolute atomic E-state index is 12.6. The Hall–Kier alpha value is -2.15. The normalized spacial score (nSPS) is 20.6. The van der Waals surface area contributed by atoms with Crippen molar-refractivity contribution in [2.45, 2.75) is 31.6 Å². The number of alkyl halides is 1. The lowest BCUT2D eigenvalue weighted by Gasteiger charge is -2.31. The predicted octanol–water partition coefficient (Wildman–Crippen LogP) is 1.79. The number of aliphatic hydroxyl groups is 1. The molecule has 2 N–H and O–H groups in total. The highest BCUT2D eigenvalue weighted by atomic mass is 19.1. The maximum Gasteiger partial charge on any atom is 0.407 e. The Bertz CT molecular complexity index is 564. The van der Waals surface area contributed by atoms with E-state index in [4.69, 9.17) is 5.11 Å². The molecule has 2 amide bonds. The van der Waals surface area contributed by atoms with Crippen LogP contribution in [0.15, 0.2) is 24.3 Å². The summed E-state index contributed by atoms with van der Waals surface area (Å²) < 4.78 is 12.6. The number of benzene rings is 1. The van der Waals surface area contributed by atoms with Crippen molar-refractivity contribution in [3.8, 4) is 0 Å². The fourth-order valence-corrected chi connectivity index (χ4v) is 2.95. The number of nitrogens with zero attached hydrogens (tertiary/aromatic N) is 2. The van der Waals surface area contributed by atoms with E-state index in [1.165, 1.54) is 7.05 Å². The summed E-state index contributed by atoms with van der Waals surface area (Å²) in [4.78, 5) is 25.9. The van der Waals surface area contributed by atoms with Crippen LogP contribution in [-0.2, 0) is 11.5 Å². The molecule has 1 aliphatic heterocycles. The fourth-order valence-electron chi connectivity index (χ4n) is 2.95. The van der Waals surface area contributed by atoms with Gasteiger partial charge in [0, 0.05) is 7.05 Å². The van der Waals surface area contributed by atoms with Crippen molar-refractivity contribution in [1.82, 2.24) is 9.80 Å². The van der Waals surface area contributed by atoms with Crippen LogP contribution in [0.25, 0.3) is 0 Å². The molecule has 1 aliphatic rings. The molecular weight excluding hydrogens is 303 g/mol. The van der Waals surface area contributed by atoms with Gasteiger partial charge >= 0.3 is 6.09 Å². The molecule has 0 aromatic heterocycles. The number of likely N-dealkylation sites (tertiary alicyclic amines) is 1. The number of hydrogen-bond acceptors (Lipinski definition) is 3. The maximum atomic E-state index is 12.6. The number of amides is 2. The van der Waals surface area contributed by atoms with Crippen LogP contribution in [0.2, 0.25) is 0 Å². The molecule has 0 bridgehead atoms. The van der Waals surface area contributed by atoms with Gasteiger partial charge in [0.15, 0.2) is 0 Å². The van der Waals surface area contributed by atoms with E-state index in [9.17, 15) is 19.1 Å². The summed E-state index contributed by atoms with van der Waals surface area (Å²) in [6.07, 6.45) is 0.152. The van der Waals surface area contributed by atoms with E-state index in [-0.39, 0.29) is 31.1 Å². The molecule has 7 heteroatoms. The highest BCUT2D eigenvalue weighted by Crippen LogP contribution is 2.36. The second-order valence-corrected chi connectivity index (χ2v) is 5.74.